The molecule has 1 aromatic rings. The standard InChI is InChI=1S/C14H21NO3/c1-5-10(2)9-15-14(16)11-6-7-12(17-3)13(8-11)18-4/h6-8,10H,5,9H2,1-4H3,(H,15,16). The molecule has 0 saturated heterocycles. The molecule has 0 spiro atoms. The van der Waals surface area contributed by atoms with Crippen molar-refractivity contribution >= 4 is 5.91 Å². The van der Waals surface area contributed by atoms with Crippen molar-refractivity contribution in [1.82, 2.24) is 5.32 Å². The lowest BCUT2D eigenvalue weighted by Gasteiger charge is -2.12. The maximum atomic E-state index is 11.9. The first-order valence-corrected chi connectivity index (χ1v) is 6.12. The molecule has 1 unspecified atom stereocenters. The number of methoxy groups -OCH3 is 2. The Morgan fingerprint density at radius 1 is 1.28 bits per heavy atom. The SMILES string of the molecule is CCC(C)CNC(=O)c1ccc(OC)c(OC)c1. The third kappa shape index (κ3) is 3.65. The Morgan fingerprint density at radius 2 is 1.94 bits per heavy atom. The predicted molar refractivity (Wildman–Crippen MR) is 71.3 cm³/mol. The molecule has 4 nitrogen and oxygen atoms in total. The van der Waals surface area contributed by atoms with Crippen molar-refractivity contribution in [2.45, 2.75) is 20.3 Å². The minimum atomic E-state index is -0.0868. The van der Waals surface area contributed by atoms with Crippen molar-refractivity contribution in [2.24, 2.45) is 5.92 Å². The number of hydrogen-bond donors (Lipinski definition) is 1. The van der Waals surface area contributed by atoms with Crippen LogP contribution < -0.4 is 14.8 Å². The zero-order valence-corrected chi connectivity index (χ0v) is 11.4. The van der Waals surface area contributed by atoms with E-state index in [4.69, 9.17) is 9.47 Å². The van der Waals surface area contributed by atoms with Crippen molar-refractivity contribution < 1.29 is 14.3 Å². The lowest BCUT2D eigenvalue weighted by molar-refractivity contribution is 0.0947. The van der Waals surface area contributed by atoms with Gasteiger partial charge in [-0.1, -0.05) is 20.3 Å². The number of carbonyl (C=O) groups is 1. The Hall–Kier alpha value is -1.71. The molecule has 0 heterocycles. The molecule has 1 amide bonds. The lowest BCUT2D eigenvalue weighted by atomic mass is 10.1. The maximum absolute atomic E-state index is 11.9. The van der Waals surface area contributed by atoms with Gasteiger partial charge < -0.3 is 14.8 Å². The Labute approximate surface area is 108 Å². The Bertz CT molecular complexity index is 404. The molecule has 0 saturated carbocycles. The van der Waals surface area contributed by atoms with E-state index >= 15 is 0 Å². The van der Waals surface area contributed by atoms with Crippen molar-refractivity contribution in [2.75, 3.05) is 20.8 Å². The van der Waals surface area contributed by atoms with Gasteiger partial charge >= 0.3 is 0 Å². The quantitative estimate of drug-likeness (QED) is 0.845. The van der Waals surface area contributed by atoms with Crippen LogP contribution in [-0.2, 0) is 0 Å². The van der Waals surface area contributed by atoms with Crippen LogP contribution in [0.15, 0.2) is 18.2 Å². The van der Waals surface area contributed by atoms with Gasteiger partial charge in [0.05, 0.1) is 14.2 Å². The molecule has 1 atom stereocenters. The van der Waals surface area contributed by atoms with E-state index in [1.165, 1.54) is 0 Å². The molecule has 1 aromatic carbocycles. The molecule has 0 fully saturated rings. The lowest BCUT2D eigenvalue weighted by Crippen LogP contribution is -2.28. The molecular weight excluding hydrogens is 230 g/mol. The molecule has 0 aliphatic heterocycles. The Kier molecular flexibility index (Phi) is 5.49. The fourth-order valence-electron chi connectivity index (χ4n) is 1.49. The zero-order valence-electron chi connectivity index (χ0n) is 11.4. The van der Waals surface area contributed by atoms with E-state index in [9.17, 15) is 4.79 Å². The molecule has 18 heavy (non-hydrogen) atoms. The van der Waals surface area contributed by atoms with Crippen molar-refractivity contribution in [3.05, 3.63) is 23.8 Å². The topological polar surface area (TPSA) is 47.6 Å². The van der Waals surface area contributed by atoms with Gasteiger partial charge in [-0.15, -0.1) is 0 Å². The van der Waals surface area contributed by atoms with Gasteiger partial charge in [-0.2, -0.15) is 0 Å². The van der Waals surface area contributed by atoms with Gasteiger partial charge in [0.25, 0.3) is 5.91 Å². The highest BCUT2D eigenvalue weighted by molar-refractivity contribution is 5.94. The van der Waals surface area contributed by atoms with Crippen molar-refractivity contribution in [3.63, 3.8) is 0 Å². The van der Waals surface area contributed by atoms with E-state index in [2.05, 4.69) is 19.2 Å². The van der Waals surface area contributed by atoms with Gasteiger partial charge in [0.2, 0.25) is 0 Å². The predicted octanol–water partition coefficient (Wildman–Crippen LogP) is 2.48. The molecule has 0 aliphatic rings. The van der Waals surface area contributed by atoms with Crippen LogP contribution in [0.5, 0.6) is 11.5 Å². The summed E-state index contributed by atoms with van der Waals surface area (Å²) < 4.78 is 10.3. The summed E-state index contributed by atoms with van der Waals surface area (Å²) in [6.45, 7) is 4.89. The summed E-state index contributed by atoms with van der Waals surface area (Å²) in [5.41, 5.74) is 0.580. The largest absolute Gasteiger partial charge is 0.493 e. The van der Waals surface area contributed by atoms with E-state index < -0.39 is 0 Å². The first-order valence-electron chi connectivity index (χ1n) is 6.12. The number of benzene rings is 1. The average Bonchev–Trinajstić information content (AvgIpc) is 2.43. The summed E-state index contributed by atoms with van der Waals surface area (Å²) >= 11 is 0. The van der Waals surface area contributed by atoms with Crippen LogP contribution in [0.1, 0.15) is 30.6 Å². The molecule has 4 heteroatoms. The normalized spacial score (nSPS) is 11.8. The monoisotopic (exact) mass is 251 g/mol. The molecule has 1 rings (SSSR count). The summed E-state index contributed by atoms with van der Waals surface area (Å²) in [7, 11) is 3.12. The van der Waals surface area contributed by atoms with Gasteiger partial charge in [-0.25, -0.2) is 0 Å². The second-order valence-electron chi connectivity index (χ2n) is 4.29. The molecule has 0 aliphatic carbocycles. The number of hydrogen-bond acceptors (Lipinski definition) is 3. The number of amides is 1. The smallest absolute Gasteiger partial charge is 0.251 e. The highest BCUT2D eigenvalue weighted by Crippen LogP contribution is 2.27. The number of rotatable bonds is 6. The summed E-state index contributed by atoms with van der Waals surface area (Å²) in [5, 5.41) is 2.90. The minimum Gasteiger partial charge on any atom is -0.493 e. The highest BCUT2D eigenvalue weighted by Gasteiger charge is 2.11. The first-order chi connectivity index (χ1) is 8.62. The highest BCUT2D eigenvalue weighted by atomic mass is 16.5. The fourth-order valence-corrected chi connectivity index (χ4v) is 1.49. The van der Waals surface area contributed by atoms with Crippen LogP contribution in [0.3, 0.4) is 0 Å². The first kappa shape index (κ1) is 14.4. The van der Waals surface area contributed by atoms with Crippen LogP contribution >= 0.6 is 0 Å². The average molecular weight is 251 g/mol. The molecule has 100 valence electrons. The summed E-state index contributed by atoms with van der Waals surface area (Å²) in [5.74, 6) is 1.58. The third-order valence-electron chi connectivity index (χ3n) is 2.95. The van der Waals surface area contributed by atoms with Crippen LogP contribution in [0.25, 0.3) is 0 Å². The van der Waals surface area contributed by atoms with Crippen LogP contribution in [-0.4, -0.2) is 26.7 Å². The van der Waals surface area contributed by atoms with E-state index in [-0.39, 0.29) is 5.91 Å². The Balaban J connectivity index is 2.74. The minimum absolute atomic E-state index is 0.0868. The van der Waals surface area contributed by atoms with Crippen LogP contribution in [0.2, 0.25) is 0 Å². The summed E-state index contributed by atoms with van der Waals surface area (Å²) in [6, 6.07) is 5.15. The maximum Gasteiger partial charge on any atom is 0.251 e. The van der Waals surface area contributed by atoms with Gasteiger partial charge in [0.15, 0.2) is 11.5 Å². The summed E-state index contributed by atoms with van der Waals surface area (Å²) in [4.78, 5) is 11.9. The second-order valence-corrected chi connectivity index (χ2v) is 4.29. The van der Waals surface area contributed by atoms with Crippen molar-refractivity contribution in [1.29, 1.82) is 0 Å². The second kappa shape index (κ2) is 6.89. The van der Waals surface area contributed by atoms with E-state index in [0.29, 0.717) is 29.5 Å². The molecule has 0 bridgehead atoms. The van der Waals surface area contributed by atoms with E-state index in [0.717, 1.165) is 6.42 Å². The van der Waals surface area contributed by atoms with Gasteiger partial charge in [-0.05, 0) is 24.1 Å². The Morgan fingerprint density at radius 3 is 2.50 bits per heavy atom. The van der Waals surface area contributed by atoms with E-state index in [1.54, 1.807) is 32.4 Å². The van der Waals surface area contributed by atoms with Gasteiger partial charge in [0, 0.05) is 12.1 Å². The van der Waals surface area contributed by atoms with Crippen LogP contribution in [0, 0.1) is 5.92 Å². The van der Waals surface area contributed by atoms with E-state index in [1.807, 2.05) is 0 Å². The van der Waals surface area contributed by atoms with Crippen molar-refractivity contribution in [3.8, 4) is 11.5 Å². The molecule has 0 aromatic heterocycles. The van der Waals surface area contributed by atoms with Gasteiger partial charge in [-0.3, -0.25) is 4.79 Å². The molecular formula is C14H21NO3. The fraction of sp³-hybridized carbons (Fsp3) is 0.500. The summed E-state index contributed by atoms with van der Waals surface area (Å²) in [6.07, 6.45) is 1.05. The van der Waals surface area contributed by atoms with Crippen LogP contribution in [0.4, 0.5) is 0 Å². The molecule has 0 radical (unpaired) electrons. The number of nitrogens with one attached hydrogen (secondary N) is 1. The van der Waals surface area contributed by atoms with Gasteiger partial charge in [0.1, 0.15) is 0 Å². The number of ether oxygens (including phenoxy) is 2. The number of carbonyl (C=O) groups excluding carboxylic acids is 1. The third-order valence-corrected chi connectivity index (χ3v) is 2.95. The zero-order chi connectivity index (χ0) is 13.5. The molecule has 1 N–H and O–H groups in total.